The van der Waals surface area contributed by atoms with Crippen LogP contribution in [-0.4, -0.2) is 40.3 Å². The number of aromatic nitrogens is 2. The first kappa shape index (κ1) is 15.8. The van der Waals surface area contributed by atoms with Crippen LogP contribution in [0.2, 0.25) is 0 Å². The molecule has 5 rings (SSSR count). The Labute approximate surface area is 148 Å². The molecule has 8 nitrogen and oxygen atoms in total. The molecule has 2 bridgehead atoms. The van der Waals surface area contributed by atoms with Gasteiger partial charge in [-0.1, -0.05) is 30.3 Å². The van der Waals surface area contributed by atoms with Crippen molar-refractivity contribution in [3.63, 3.8) is 0 Å². The predicted octanol–water partition coefficient (Wildman–Crippen LogP) is 1.01. The van der Waals surface area contributed by atoms with Crippen molar-refractivity contribution in [1.82, 2.24) is 9.55 Å². The first-order valence-electron chi connectivity index (χ1n) is 8.53. The molecule has 1 aromatic carbocycles. The van der Waals surface area contributed by atoms with Crippen molar-refractivity contribution in [2.75, 3.05) is 6.61 Å². The summed E-state index contributed by atoms with van der Waals surface area (Å²) in [5, 5.41) is 0. The van der Waals surface area contributed by atoms with Crippen molar-refractivity contribution in [2.45, 2.75) is 44.2 Å². The van der Waals surface area contributed by atoms with Crippen molar-refractivity contribution >= 4 is 0 Å². The van der Waals surface area contributed by atoms with Gasteiger partial charge in [-0.25, -0.2) is 9.36 Å². The van der Waals surface area contributed by atoms with Crippen molar-refractivity contribution < 1.29 is 18.9 Å². The third-order valence-electron chi connectivity index (χ3n) is 4.93. The summed E-state index contributed by atoms with van der Waals surface area (Å²) in [6.07, 6.45) is -1.90. The van der Waals surface area contributed by atoms with E-state index in [-0.39, 0.29) is 24.7 Å². The minimum absolute atomic E-state index is 0.167. The van der Waals surface area contributed by atoms with Gasteiger partial charge in [0.15, 0.2) is 12.0 Å². The lowest BCUT2D eigenvalue weighted by molar-refractivity contribution is -0.195. The smallest absolute Gasteiger partial charge is 0.333 e. The van der Waals surface area contributed by atoms with Crippen LogP contribution in [0, 0.1) is 0 Å². The molecule has 2 aromatic rings. The molecule has 4 heterocycles. The number of fused-ring (bicyclic) bond motifs is 7. The number of rotatable bonds is 1. The van der Waals surface area contributed by atoms with Crippen LogP contribution in [0.25, 0.3) is 11.1 Å². The Balaban J connectivity index is 1.71. The van der Waals surface area contributed by atoms with Gasteiger partial charge in [0, 0.05) is 0 Å². The number of nitrogens with one attached hydrogen (secondary N) is 1. The number of benzene rings is 1. The van der Waals surface area contributed by atoms with Crippen LogP contribution in [0.5, 0.6) is 5.88 Å². The Morgan fingerprint density at radius 1 is 1.12 bits per heavy atom. The second-order valence-corrected chi connectivity index (χ2v) is 7.12. The second-order valence-electron chi connectivity index (χ2n) is 7.12. The van der Waals surface area contributed by atoms with Gasteiger partial charge in [-0.3, -0.25) is 9.78 Å². The average Bonchev–Trinajstić information content (AvgIpc) is 2.97. The Kier molecular flexibility index (Phi) is 3.22. The van der Waals surface area contributed by atoms with E-state index in [0.717, 1.165) is 0 Å². The molecule has 2 fully saturated rings. The quantitative estimate of drug-likeness (QED) is 0.818. The Morgan fingerprint density at radius 3 is 2.62 bits per heavy atom. The van der Waals surface area contributed by atoms with Crippen molar-refractivity contribution in [1.29, 1.82) is 0 Å². The molecule has 0 radical (unpaired) electrons. The molecule has 0 spiro atoms. The highest BCUT2D eigenvalue weighted by atomic mass is 16.8. The molecule has 1 N–H and O–H groups in total. The summed E-state index contributed by atoms with van der Waals surface area (Å²) in [4.78, 5) is 27.5. The number of H-pyrrole nitrogens is 1. The van der Waals surface area contributed by atoms with Crippen molar-refractivity contribution in [2.24, 2.45) is 0 Å². The molecule has 1 aromatic heterocycles. The molecule has 4 atom stereocenters. The Bertz CT molecular complexity index is 979. The molecule has 26 heavy (non-hydrogen) atoms. The monoisotopic (exact) mass is 358 g/mol. The summed E-state index contributed by atoms with van der Waals surface area (Å²) >= 11 is 0. The standard InChI is InChI=1S/C18H18N2O6/c1-18(2)25-12-10-8-23-15-11(9-6-4-3-5-7-9)14(21)19-17(22)20(15)16(24-10)13(12)26-18/h3-7,10,12-13,16H,8H2,1-2H3,(H,19,21,22)/t10-,12-,13-,16-/m1/s1. The fourth-order valence-electron chi connectivity index (χ4n) is 3.92. The number of nitrogens with zero attached hydrogens (tertiary/aromatic N) is 1. The van der Waals surface area contributed by atoms with Crippen molar-refractivity contribution in [3.8, 4) is 17.0 Å². The fraction of sp³-hybridized carbons (Fsp3) is 0.444. The third kappa shape index (κ3) is 2.19. The van der Waals surface area contributed by atoms with Crippen LogP contribution < -0.4 is 16.0 Å². The Hall–Kier alpha value is -2.42. The summed E-state index contributed by atoms with van der Waals surface area (Å²) in [6, 6.07) is 9.09. The number of aromatic amines is 1. The first-order valence-corrected chi connectivity index (χ1v) is 8.53. The molecule has 3 aliphatic rings. The minimum Gasteiger partial charge on any atom is -0.475 e. The number of hydrogen-bond acceptors (Lipinski definition) is 6. The maximum atomic E-state index is 12.6. The zero-order valence-corrected chi connectivity index (χ0v) is 14.3. The van der Waals surface area contributed by atoms with Crippen LogP contribution in [0.1, 0.15) is 20.1 Å². The van der Waals surface area contributed by atoms with Gasteiger partial charge in [-0.2, -0.15) is 0 Å². The van der Waals surface area contributed by atoms with Gasteiger partial charge in [0.1, 0.15) is 30.5 Å². The number of hydrogen-bond donors (Lipinski definition) is 1. The van der Waals surface area contributed by atoms with Crippen LogP contribution in [0.4, 0.5) is 0 Å². The molecular weight excluding hydrogens is 340 g/mol. The molecule has 0 amide bonds. The van der Waals surface area contributed by atoms with Gasteiger partial charge in [-0.05, 0) is 19.4 Å². The van der Waals surface area contributed by atoms with E-state index in [1.165, 1.54) is 4.57 Å². The van der Waals surface area contributed by atoms with Crippen LogP contribution >= 0.6 is 0 Å². The highest BCUT2D eigenvalue weighted by molar-refractivity contribution is 5.67. The molecule has 0 saturated carbocycles. The summed E-state index contributed by atoms with van der Waals surface area (Å²) in [5.41, 5.74) is -0.123. The number of ether oxygens (including phenoxy) is 4. The lowest BCUT2D eigenvalue weighted by atomic mass is 10.1. The zero-order valence-electron chi connectivity index (χ0n) is 14.3. The van der Waals surface area contributed by atoms with E-state index in [2.05, 4.69) is 4.98 Å². The van der Waals surface area contributed by atoms with Gasteiger partial charge < -0.3 is 18.9 Å². The maximum Gasteiger partial charge on any atom is 0.333 e. The fourth-order valence-corrected chi connectivity index (χ4v) is 3.92. The largest absolute Gasteiger partial charge is 0.475 e. The molecular formula is C18H18N2O6. The van der Waals surface area contributed by atoms with Crippen LogP contribution in [0.3, 0.4) is 0 Å². The maximum absolute atomic E-state index is 12.6. The summed E-state index contributed by atoms with van der Waals surface area (Å²) in [5.74, 6) is -0.571. The van der Waals surface area contributed by atoms with E-state index in [9.17, 15) is 9.59 Å². The highest BCUT2D eigenvalue weighted by Gasteiger charge is 2.58. The van der Waals surface area contributed by atoms with Crippen LogP contribution in [-0.2, 0) is 14.2 Å². The second kappa shape index (κ2) is 5.29. The molecule has 8 heteroatoms. The van der Waals surface area contributed by atoms with Gasteiger partial charge in [0.05, 0.1) is 0 Å². The SMILES string of the molecule is CC1(C)O[C@@H]2[C@H](O1)[C@H]1COc3c(-c4ccccc4)c(=O)[nH]c(=O)n3[C@@H]2O1. The predicted molar refractivity (Wildman–Crippen MR) is 90.0 cm³/mol. The summed E-state index contributed by atoms with van der Waals surface area (Å²) in [6.45, 7) is 3.81. The van der Waals surface area contributed by atoms with Gasteiger partial charge in [0.2, 0.25) is 5.88 Å². The lowest BCUT2D eigenvalue weighted by Gasteiger charge is -2.23. The molecule has 0 unspecified atom stereocenters. The minimum atomic E-state index is -0.770. The van der Waals surface area contributed by atoms with Crippen LogP contribution in [0.15, 0.2) is 39.9 Å². The molecule has 3 aliphatic heterocycles. The Morgan fingerprint density at radius 2 is 1.85 bits per heavy atom. The van der Waals surface area contributed by atoms with Crippen molar-refractivity contribution in [3.05, 3.63) is 51.2 Å². The zero-order chi connectivity index (χ0) is 18.1. The third-order valence-corrected chi connectivity index (χ3v) is 4.93. The summed E-state index contributed by atoms with van der Waals surface area (Å²) < 4.78 is 25.1. The van der Waals surface area contributed by atoms with Gasteiger partial charge in [-0.15, -0.1) is 0 Å². The van der Waals surface area contributed by atoms with Gasteiger partial charge >= 0.3 is 5.69 Å². The van der Waals surface area contributed by atoms with E-state index in [1.54, 1.807) is 12.1 Å². The summed E-state index contributed by atoms with van der Waals surface area (Å²) in [7, 11) is 0. The van der Waals surface area contributed by atoms with E-state index in [4.69, 9.17) is 18.9 Å². The van der Waals surface area contributed by atoms with Gasteiger partial charge in [0.25, 0.3) is 5.56 Å². The highest BCUT2D eigenvalue weighted by Crippen LogP contribution is 2.46. The van der Waals surface area contributed by atoms with E-state index < -0.39 is 29.4 Å². The molecule has 136 valence electrons. The normalized spacial score (nSPS) is 31.0. The van der Waals surface area contributed by atoms with E-state index in [0.29, 0.717) is 11.1 Å². The topological polar surface area (TPSA) is 91.8 Å². The molecule has 2 saturated heterocycles. The average molecular weight is 358 g/mol. The lowest BCUT2D eigenvalue weighted by Crippen LogP contribution is -2.40. The van der Waals surface area contributed by atoms with E-state index in [1.807, 2.05) is 32.0 Å². The molecule has 0 aliphatic carbocycles. The van der Waals surface area contributed by atoms with E-state index >= 15 is 0 Å². The first-order chi connectivity index (χ1) is 12.4.